The SMILES string of the molecule is CCOC(=O)c1c[nH]c(=O)c2c1OC(=O)C[C@@H]2c1ccccc1. The zero-order chi connectivity index (χ0) is 16.4. The van der Waals surface area contributed by atoms with E-state index in [0.29, 0.717) is 0 Å². The Labute approximate surface area is 132 Å². The van der Waals surface area contributed by atoms with Crippen molar-refractivity contribution in [3.63, 3.8) is 0 Å². The number of fused-ring (bicyclic) bond motifs is 1. The van der Waals surface area contributed by atoms with Crippen molar-refractivity contribution in [2.45, 2.75) is 19.3 Å². The molecule has 6 nitrogen and oxygen atoms in total. The second-order valence-electron chi connectivity index (χ2n) is 5.14. The van der Waals surface area contributed by atoms with Gasteiger partial charge in [-0.15, -0.1) is 0 Å². The van der Waals surface area contributed by atoms with Crippen molar-refractivity contribution in [3.05, 3.63) is 63.6 Å². The monoisotopic (exact) mass is 313 g/mol. The van der Waals surface area contributed by atoms with Gasteiger partial charge >= 0.3 is 11.9 Å². The van der Waals surface area contributed by atoms with Crippen LogP contribution in [-0.2, 0) is 9.53 Å². The summed E-state index contributed by atoms with van der Waals surface area (Å²) in [5.41, 5.74) is 0.767. The average Bonchev–Trinajstić information content (AvgIpc) is 2.55. The Kier molecular flexibility index (Phi) is 3.97. The summed E-state index contributed by atoms with van der Waals surface area (Å²) in [6, 6.07) is 9.19. The van der Waals surface area contributed by atoms with E-state index in [2.05, 4.69) is 4.98 Å². The van der Waals surface area contributed by atoms with Gasteiger partial charge < -0.3 is 14.5 Å². The molecule has 3 rings (SSSR count). The van der Waals surface area contributed by atoms with Crippen molar-refractivity contribution in [2.75, 3.05) is 6.61 Å². The van der Waals surface area contributed by atoms with E-state index in [-0.39, 0.29) is 35.5 Å². The summed E-state index contributed by atoms with van der Waals surface area (Å²) in [4.78, 5) is 38.8. The minimum atomic E-state index is -0.637. The molecule has 0 aliphatic carbocycles. The number of esters is 2. The Morgan fingerprint density at radius 1 is 1.30 bits per heavy atom. The molecule has 6 heteroatoms. The number of carbonyl (C=O) groups excluding carboxylic acids is 2. The molecule has 1 N–H and O–H groups in total. The van der Waals surface area contributed by atoms with Gasteiger partial charge in [0.25, 0.3) is 5.56 Å². The molecule has 1 aliphatic heterocycles. The maximum Gasteiger partial charge on any atom is 0.343 e. The van der Waals surface area contributed by atoms with Crippen molar-refractivity contribution in [1.82, 2.24) is 4.98 Å². The second-order valence-corrected chi connectivity index (χ2v) is 5.14. The molecular formula is C17H15NO5. The Morgan fingerprint density at radius 3 is 2.74 bits per heavy atom. The van der Waals surface area contributed by atoms with E-state index in [1.54, 1.807) is 6.92 Å². The minimum absolute atomic E-state index is 0.00250. The van der Waals surface area contributed by atoms with E-state index in [0.717, 1.165) is 5.56 Å². The second kappa shape index (κ2) is 6.08. The summed E-state index contributed by atoms with van der Waals surface area (Å²) >= 11 is 0. The molecule has 0 radical (unpaired) electrons. The summed E-state index contributed by atoms with van der Waals surface area (Å²) in [7, 11) is 0. The number of H-pyrrole nitrogens is 1. The third kappa shape index (κ3) is 2.75. The van der Waals surface area contributed by atoms with Crippen LogP contribution in [0.1, 0.15) is 40.7 Å². The highest BCUT2D eigenvalue weighted by atomic mass is 16.5. The van der Waals surface area contributed by atoms with Gasteiger partial charge in [-0.1, -0.05) is 30.3 Å². The van der Waals surface area contributed by atoms with E-state index in [4.69, 9.17) is 9.47 Å². The number of benzene rings is 1. The van der Waals surface area contributed by atoms with Gasteiger partial charge in [-0.2, -0.15) is 0 Å². The number of ether oxygens (including phenoxy) is 2. The molecule has 0 amide bonds. The van der Waals surface area contributed by atoms with Crippen LogP contribution >= 0.6 is 0 Å². The van der Waals surface area contributed by atoms with Crippen LogP contribution in [0.4, 0.5) is 0 Å². The maximum atomic E-state index is 12.3. The zero-order valence-corrected chi connectivity index (χ0v) is 12.5. The largest absolute Gasteiger partial charge is 0.462 e. The molecule has 118 valence electrons. The van der Waals surface area contributed by atoms with Crippen molar-refractivity contribution in [2.24, 2.45) is 0 Å². The van der Waals surface area contributed by atoms with E-state index >= 15 is 0 Å². The number of nitrogens with one attached hydrogen (secondary N) is 1. The average molecular weight is 313 g/mol. The predicted molar refractivity (Wildman–Crippen MR) is 81.6 cm³/mol. The van der Waals surface area contributed by atoms with Crippen LogP contribution in [0, 0.1) is 0 Å². The molecule has 0 unspecified atom stereocenters. The highest BCUT2D eigenvalue weighted by Crippen LogP contribution is 2.38. The molecule has 2 aromatic rings. The molecule has 23 heavy (non-hydrogen) atoms. The van der Waals surface area contributed by atoms with Gasteiger partial charge in [-0.05, 0) is 12.5 Å². The maximum absolute atomic E-state index is 12.3. The first-order chi connectivity index (χ1) is 11.1. The summed E-state index contributed by atoms with van der Waals surface area (Å²) in [5, 5.41) is 0. The first-order valence-electron chi connectivity index (χ1n) is 7.30. The van der Waals surface area contributed by atoms with Crippen LogP contribution < -0.4 is 10.3 Å². The van der Waals surface area contributed by atoms with Crippen LogP contribution in [0.5, 0.6) is 5.75 Å². The van der Waals surface area contributed by atoms with Crippen LogP contribution in [0.15, 0.2) is 41.3 Å². The number of carbonyl (C=O) groups is 2. The van der Waals surface area contributed by atoms with Gasteiger partial charge in [0.05, 0.1) is 18.6 Å². The lowest BCUT2D eigenvalue weighted by Gasteiger charge is -2.25. The number of hydrogen-bond acceptors (Lipinski definition) is 5. The zero-order valence-electron chi connectivity index (χ0n) is 12.5. The third-order valence-corrected chi connectivity index (χ3v) is 3.71. The topological polar surface area (TPSA) is 85.5 Å². The lowest BCUT2D eigenvalue weighted by atomic mass is 9.86. The quantitative estimate of drug-likeness (QED) is 0.876. The Balaban J connectivity index is 2.18. The molecule has 0 spiro atoms. The molecular weight excluding hydrogens is 298 g/mol. The first-order valence-corrected chi connectivity index (χ1v) is 7.30. The van der Waals surface area contributed by atoms with Crippen molar-refractivity contribution < 1.29 is 19.1 Å². The van der Waals surface area contributed by atoms with Crippen molar-refractivity contribution >= 4 is 11.9 Å². The lowest BCUT2D eigenvalue weighted by Crippen LogP contribution is -2.30. The number of pyridine rings is 1. The molecule has 0 saturated heterocycles. The standard InChI is InChI=1S/C17H15NO5/c1-2-22-17(21)12-9-18-16(20)14-11(8-13(19)23-15(12)14)10-6-4-3-5-7-10/h3-7,9,11H,2,8H2,1H3,(H,18,20)/t11-/m1/s1. The molecule has 0 bridgehead atoms. The summed E-state index contributed by atoms with van der Waals surface area (Å²) in [6.07, 6.45) is 1.27. The minimum Gasteiger partial charge on any atom is -0.462 e. The van der Waals surface area contributed by atoms with Gasteiger partial charge in [0.15, 0.2) is 5.75 Å². The summed E-state index contributed by atoms with van der Waals surface area (Å²) in [5.74, 6) is -1.58. The fourth-order valence-corrected chi connectivity index (χ4v) is 2.71. The number of aromatic amines is 1. The molecule has 1 aromatic carbocycles. The van der Waals surface area contributed by atoms with Crippen molar-refractivity contribution in [3.8, 4) is 5.75 Å². The van der Waals surface area contributed by atoms with E-state index < -0.39 is 17.9 Å². The summed E-state index contributed by atoms with van der Waals surface area (Å²) in [6.45, 7) is 1.86. The van der Waals surface area contributed by atoms with Gasteiger partial charge in [-0.3, -0.25) is 9.59 Å². The number of aromatic nitrogens is 1. The van der Waals surface area contributed by atoms with Crippen LogP contribution in [0.25, 0.3) is 0 Å². The highest BCUT2D eigenvalue weighted by molar-refractivity contribution is 5.94. The van der Waals surface area contributed by atoms with Crippen LogP contribution in [0.3, 0.4) is 0 Å². The van der Waals surface area contributed by atoms with E-state index in [1.165, 1.54) is 6.20 Å². The molecule has 0 fully saturated rings. The van der Waals surface area contributed by atoms with E-state index in [9.17, 15) is 14.4 Å². The van der Waals surface area contributed by atoms with Gasteiger partial charge in [0.2, 0.25) is 0 Å². The Bertz CT molecular complexity index is 809. The summed E-state index contributed by atoms with van der Waals surface area (Å²) < 4.78 is 10.2. The third-order valence-electron chi connectivity index (χ3n) is 3.71. The molecule has 0 saturated carbocycles. The fourth-order valence-electron chi connectivity index (χ4n) is 2.71. The molecule has 1 aliphatic rings. The van der Waals surface area contributed by atoms with Crippen LogP contribution in [0.2, 0.25) is 0 Å². The predicted octanol–water partition coefficient (Wildman–Crippen LogP) is 1.99. The van der Waals surface area contributed by atoms with Gasteiger partial charge in [0, 0.05) is 12.1 Å². The normalized spacial score (nSPS) is 16.4. The van der Waals surface area contributed by atoms with Gasteiger partial charge in [-0.25, -0.2) is 4.79 Å². The number of rotatable bonds is 3. The molecule has 2 heterocycles. The lowest BCUT2D eigenvalue weighted by molar-refractivity contribution is -0.135. The molecule has 1 aromatic heterocycles. The highest BCUT2D eigenvalue weighted by Gasteiger charge is 2.34. The van der Waals surface area contributed by atoms with Crippen LogP contribution in [-0.4, -0.2) is 23.5 Å². The van der Waals surface area contributed by atoms with E-state index in [1.807, 2.05) is 30.3 Å². The first kappa shape index (κ1) is 15.0. The molecule has 1 atom stereocenters. The smallest absolute Gasteiger partial charge is 0.343 e. The van der Waals surface area contributed by atoms with Gasteiger partial charge in [0.1, 0.15) is 5.56 Å². The van der Waals surface area contributed by atoms with Crippen molar-refractivity contribution in [1.29, 1.82) is 0 Å². The Morgan fingerprint density at radius 2 is 2.04 bits per heavy atom. The Hall–Kier alpha value is -2.89. The fraction of sp³-hybridized carbons (Fsp3) is 0.235. The number of hydrogen-bond donors (Lipinski definition) is 1.